The third kappa shape index (κ3) is 4.29. The van der Waals surface area contributed by atoms with Crippen LogP contribution in [0.25, 0.3) is 0 Å². The van der Waals surface area contributed by atoms with Crippen LogP contribution in [-0.4, -0.2) is 26.1 Å². The van der Waals surface area contributed by atoms with Crippen LogP contribution in [0.2, 0.25) is 0 Å². The second kappa shape index (κ2) is 8.36. The summed E-state index contributed by atoms with van der Waals surface area (Å²) >= 11 is 0. The van der Waals surface area contributed by atoms with Crippen molar-refractivity contribution >= 4 is 21.7 Å². The number of hydrogen-bond acceptors (Lipinski definition) is 4. The van der Waals surface area contributed by atoms with Crippen LogP contribution in [0.4, 0.5) is 5.69 Å². The van der Waals surface area contributed by atoms with E-state index in [1.54, 1.807) is 48.5 Å². The molecule has 3 rings (SSSR count). The average molecular weight is 399 g/mol. The summed E-state index contributed by atoms with van der Waals surface area (Å²) in [4.78, 5) is 11.4. The molecule has 0 saturated carbocycles. The van der Waals surface area contributed by atoms with E-state index in [0.717, 1.165) is 12.0 Å². The molecule has 1 unspecified atom stereocenters. The molecule has 28 heavy (non-hydrogen) atoms. The fraction of sp³-hybridized carbons (Fsp3) is 0.286. The lowest BCUT2D eigenvalue weighted by molar-refractivity contribution is -0.137. The summed E-state index contributed by atoms with van der Waals surface area (Å²) < 4.78 is 32.6. The molecule has 0 aliphatic carbocycles. The Morgan fingerprint density at radius 3 is 2.57 bits per heavy atom. The fourth-order valence-electron chi connectivity index (χ4n) is 3.26. The van der Waals surface area contributed by atoms with Crippen LogP contribution in [0.3, 0.4) is 0 Å². The Labute approximate surface area is 164 Å². The summed E-state index contributed by atoms with van der Waals surface area (Å²) in [6, 6.07) is 12.9. The number of sulfonamides is 1. The first-order valence-electron chi connectivity index (χ1n) is 8.92. The standard InChI is InChI=1S/C21H21NO5S/c1-2-3-6-13-27-18-11-9-17(10-12-18)22-20(14-21(23)24)19-8-5-4-7-16(19)15-28(22,25)26/h4-5,7-12,20H,2,13-15H2,1H3,(H,23,24). The topological polar surface area (TPSA) is 83.9 Å². The molecule has 7 heteroatoms. The highest BCUT2D eigenvalue weighted by molar-refractivity contribution is 7.92. The lowest BCUT2D eigenvalue weighted by Gasteiger charge is -2.37. The largest absolute Gasteiger partial charge is 0.481 e. The molecule has 0 amide bonds. The van der Waals surface area contributed by atoms with Crippen LogP contribution in [0.5, 0.6) is 5.75 Å². The van der Waals surface area contributed by atoms with Gasteiger partial charge in [0.25, 0.3) is 0 Å². The lowest BCUT2D eigenvalue weighted by atomic mass is 9.98. The van der Waals surface area contributed by atoms with E-state index in [-0.39, 0.29) is 18.8 Å². The van der Waals surface area contributed by atoms with Gasteiger partial charge in [-0.25, -0.2) is 8.42 Å². The smallest absolute Gasteiger partial charge is 0.305 e. The third-order valence-electron chi connectivity index (χ3n) is 4.41. The molecule has 0 fully saturated rings. The molecule has 1 N–H and O–H groups in total. The number of hydrogen-bond donors (Lipinski definition) is 1. The van der Waals surface area contributed by atoms with Crippen molar-refractivity contribution in [2.45, 2.75) is 31.6 Å². The number of carbonyl (C=O) groups is 1. The van der Waals surface area contributed by atoms with Gasteiger partial charge in [0.15, 0.2) is 0 Å². The first-order valence-corrected chi connectivity index (χ1v) is 10.5. The molecule has 2 aromatic carbocycles. The summed E-state index contributed by atoms with van der Waals surface area (Å²) in [7, 11) is -3.72. The van der Waals surface area contributed by atoms with Gasteiger partial charge in [0.1, 0.15) is 12.4 Å². The molecular weight excluding hydrogens is 378 g/mol. The minimum atomic E-state index is -3.72. The number of carboxylic acid groups (broad SMARTS) is 1. The number of rotatable bonds is 5. The summed E-state index contributed by atoms with van der Waals surface area (Å²) in [6.07, 6.45) is 0.433. The van der Waals surface area contributed by atoms with Crippen LogP contribution in [0.1, 0.15) is 36.9 Å². The Bertz CT molecular complexity index is 1020. The van der Waals surface area contributed by atoms with Gasteiger partial charge in [-0.05, 0) is 35.4 Å². The van der Waals surface area contributed by atoms with E-state index in [9.17, 15) is 18.3 Å². The quantitative estimate of drug-likeness (QED) is 0.780. The van der Waals surface area contributed by atoms with Gasteiger partial charge < -0.3 is 9.84 Å². The molecule has 1 aliphatic heterocycles. The summed E-state index contributed by atoms with van der Waals surface area (Å²) in [6.45, 7) is 2.21. The minimum Gasteiger partial charge on any atom is -0.481 e. The van der Waals surface area contributed by atoms with Crippen molar-refractivity contribution in [3.63, 3.8) is 0 Å². The first kappa shape index (κ1) is 19.8. The van der Waals surface area contributed by atoms with E-state index in [1.165, 1.54) is 4.31 Å². The van der Waals surface area contributed by atoms with Crippen LogP contribution in [-0.2, 0) is 20.6 Å². The fourth-order valence-corrected chi connectivity index (χ4v) is 5.07. The van der Waals surface area contributed by atoms with Crippen LogP contribution in [0, 0.1) is 11.8 Å². The van der Waals surface area contributed by atoms with Gasteiger partial charge in [-0.2, -0.15) is 0 Å². The van der Waals surface area contributed by atoms with Crippen molar-refractivity contribution in [3.05, 3.63) is 59.7 Å². The van der Waals surface area contributed by atoms with E-state index >= 15 is 0 Å². The van der Waals surface area contributed by atoms with Crippen LogP contribution < -0.4 is 9.04 Å². The zero-order valence-corrected chi connectivity index (χ0v) is 16.3. The number of aliphatic carboxylic acids is 1. The van der Waals surface area contributed by atoms with E-state index in [1.807, 2.05) is 6.92 Å². The maximum absolute atomic E-state index is 12.9. The molecule has 0 radical (unpaired) electrons. The Morgan fingerprint density at radius 1 is 1.18 bits per heavy atom. The van der Waals surface area contributed by atoms with Gasteiger partial charge in [0, 0.05) is 6.42 Å². The van der Waals surface area contributed by atoms with E-state index in [2.05, 4.69) is 11.8 Å². The Kier molecular flexibility index (Phi) is 5.90. The molecule has 6 nitrogen and oxygen atoms in total. The molecule has 0 bridgehead atoms. The molecule has 1 aliphatic rings. The third-order valence-corrected chi connectivity index (χ3v) is 6.15. The van der Waals surface area contributed by atoms with Crippen molar-refractivity contribution in [2.75, 3.05) is 10.9 Å². The van der Waals surface area contributed by atoms with E-state index in [0.29, 0.717) is 17.0 Å². The second-order valence-electron chi connectivity index (χ2n) is 6.35. The van der Waals surface area contributed by atoms with E-state index < -0.39 is 22.0 Å². The predicted octanol–water partition coefficient (Wildman–Crippen LogP) is 3.34. The van der Waals surface area contributed by atoms with Gasteiger partial charge in [-0.15, -0.1) is 5.92 Å². The lowest BCUT2D eigenvalue weighted by Crippen LogP contribution is -2.41. The number of anilines is 1. The van der Waals surface area contributed by atoms with Crippen molar-refractivity contribution < 1.29 is 23.1 Å². The molecule has 1 atom stereocenters. The first-order chi connectivity index (χ1) is 13.4. The number of carboxylic acids is 1. The molecule has 0 spiro atoms. The Balaban J connectivity index is 1.94. The molecule has 146 valence electrons. The highest BCUT2D eigenvalue weighted by atomic mass is 32.2. The number of fused-ring (bicyclic) bond motifs is 1. The maximum Gasteiger partial charge on any atom is 0.305 e. The Morgan fingerprint density at radius 2 is 1.89 bits per heavy atom. The van der Waals surface area contributed by atoms with Crippen molar-refractivity contribution in [3.8, 4) is 17.6 Å². The Hall–Kier alpha value is -2.98. The number of benzene rings is 2. The van der Waals surface area contributed by atoms with Crippen molar-refractivity contribution in [2.24, 2.45) is 0 Å². The van der Waals surface area contributed by atoms with Gasteiger partial charge in [0.2, 0.25) is 10.0 Å². The predicted molar refractivity (Wildman–Crippen MR) is 107 cm³/mol. The molecule has 2 aromatic rings. The van der Waals surface area contributed by atoms with Crippen LogP contribution in [0.15, 0.2) is 48.5 Å². The summed E-state index contributed by atoms with van der Waals surface area (Å²) in [5.41, 5.74) is 1.77. The molecular formula is C21H21NO5S. The second-order valence-corrected chi connectivity index (χ2v) is 8.20. The molecule has 0 saturated heterocycles. The molecule has 1 heterocycles. The number of nitrogens with zero attached hydrogens (tertiary/aromatic N) is 1. The maximum atomic E-state index is 12.9. The van der Waals surface area contributed by atoms with Gasteiger partial charge in [-0.1, -0.05) is 37.1 Å². The van der Waals surface area contributed by atoms with Gasteiger partial charge in [-0.3, -0.25) is 9.10 Å². The normalized spacial score (nSPS) is 17.2. The highest BCUT2D eigenvalue weighted by Gasteiger charge is 2.38. The number of ether oxygens (including phenoxy) is 1. The molecule has 0 aromatic heterocycles. The van der Waals surface area contributed by atoms with Gasteiger partial charge in [0.05, 0.1) is 23.9 Å². The zero-order chi connectivity index (χ0) is 20.1. The van der Waals surface area contributed by atoms with E-state index in [4.69, 9.17) is 4.74 Å². The highest BCUT2D eigenvalue weighted by Crippen LogP contribution is 2.40. The zero-order valence-electron chi connectivity index (χ0n) is 15.5. The summed E-state index contributed by atoms with van der Waals surface area (Å²) in [5.74, 6) is 5.12. The SMILES string of the molecule is CCC#CCOc1ccc(N2C(CC(=O)O)c3ccccc3CS2(=O)=O)cc1. The monoisotopic (exact) mass is 399 g/mol. The minimum absolute atomic E-state index is 0.163. The summed E-state index contributed by atoms with van der Waals surface area (Å²) in [5, 5.41) is 9.36. The van der Waals surface area contributed by atoms with Crippen LogP contribution >= 0.6 is 0 Å². The van der Waals surface area contributed by atoms with Crippen molar-refractivity contribution in [1.82, 2.24) is 0 Å². The van der Waals surface area contributed by atoms with Crippen molar-refractivity contribution in [1.29, 1.82) is 0 Å². The van der Waals surface area contributed by atoms with Gasteiger partial charge >= 0.3 is 5.97 Å². The average Bonchev–Trinajstić information content (AvgIpc) is 2.65.